The van der Waals surface area contributed by atoms with Gasteiger partial charge in [-0.2, -0.15) is 13.2 Å². The fourth-order valence-electron chi connectivity index (χ4n) is 5.18. The highest BCUT2D eigenvalue weighted by atomic mass is 32.1. The summed E-state index contributed by atoms with van der Waals surface area (Å²) in [6.45, 7) is 4.20. The van der Waals surface area contributed by atoms with E-state index in [9.17, 15) is 18.0 Å². The normalized spacial score (nSPS) is 23.8. The van der Waals surface area contributed by atoms with E-state index < -0.39 is 17.8 Å². The summed E-state index contributed by atoms with van der Waals surface area (Å²) in [5.41, 5.74) is 1.36. The van der Waals surface area contributed by atoms with Gasteiger partial charge >= 0.3 is 12.2 Å². The van der Waals surface area contributed by atoms with Crippen molar-refractivity contribution in [2.75, 3.05) is 25.0 Å². The molecule has 6 rings (SSSR count). The first-order valence-corrected chi connectivity index (χ1v) is 12.5. The second-order valence-electron chi connectivity index (χ2n) is 9.16. The van der Waals surface area contributed by atoms with E-state index in [1.54, 1.807) is 11.3 Å². The molecule has 35 heavy (non-hydrogen) atoms. The Morgan fingerprint density at radius 1 is 1.20 bits per heavy atom. The Balaban J connectivity index is 1.20. The van der Waals surface area contributed by atoms with Crippen LogP contribution in [0, 0.1) is 12.8 Å². The van der Waals surface area contributed by atoms with Crippen molar-refractivity contribution in [3.8, 4) is 10.6 Å². The number of aromatic nitrogens is 2. The van der Waals surface area contributed by atoms with E-state index in [4.69, 9.17) is 4.98 Å². The van der Waals surface area contributed by atoms with Crippen molar-refractivity contribution in [3.63, 3.8) is 0 Å². The number of urea groups is 1. The molecule has 3 saturated heterocycles. The topological polar surface area (TPSA) is 70.2 Å². The van der Waals surface area contributed by atoms with Crippen LogP contribution in [-0.4, -0.2) is 46.6 Å². The van der Waals surface area contributed by atoms with Crippen LogP contribution in [0.4, 0.5) is 23.7 Å². The fourth-order valence-corrected chi connectivity index (χ4v) is 5.86. The van der Waals surface area contributed by atoms with Gasteiger partial charge in [0.1, 0.15) is 5.82 Å². The first-order valence-electron chi connectivity index (χ1n) is 11.6. The van der Waals surface area contributed by atoms with E-state index >= 15 is 0 Å². The van der Waals surface area contributed by atoms with Crippen molar-refractivity contribution in [3.05, 3.63) is 64.9 Å². The highest BCUT2D eigenvalue weighted by Gasteiger charge is 2.41. The number of anilines is 1. The quantitative estimate of drug-likeness (QED) is 0.482. The van der Waals surface area contributed by atoms with Crippen LogP contribution in [0.5, 0.6) is 0 Å². The predicted molar refractivity (Wildman–Crippen MR) is 129 cm³/mol. The molecule has 4 atom stereocenters. The first-order chi connectivity index (χ1) is 16.8. The number of carbonyl (C=O) groups excluding carboxylic acids is 1. The third kappa shape index (κ3) is 5.33. The number of benzene rings is 1. The molecular weight excluding hydrogens is 475 g/mol. The number of hydrogen-bond donors (Lipinski definition) is 2. The summed E-state index contributed by atoms with van der Waals surface area (Å²) in [4.78, 5) is 25.3. The standard InChI is InChI=1S/C25H26F3N5OS/c1-15-30-21(12-22(31-15)23-6-3-9-35-23)20-14-33-8-7-16(20)10-19(33)13-29-24(34)32-18-5-2-4-17(11-18)25(26,27)28/h2-6,9,11-12,16,19-20H,7-8,10,13-14H2,1H3,(H2,29,32,34)/t16-,19+,20+/m0/s1. The second-order valence-corrected chi connectivity index (χ2v) is 10.1. The molecular formula is C25H26F3N5OS. The molecule has 3 fully saturated rings. The average Bonchev–Trinajstić information content (AvgIpc) is 3.38. The molecule has 0 radical (unpaired) electrons. The van der Waals surface area contributed by atoms with Gasteiger partial charge in [0.25, 0.3) is 0 Å². The maximum absolute atomic E-state index is 12.9. The SMILES string of the molecule is Cc1nc(-c2cccs2)cc([C@@H]2CN3CC[C@H]2C[C@@H]3CNC(=O)Nc2cccc(C(F)(F)F)c2)n1. The Kier molecular flexibility index (Phi) is 6.50. The minimum Gasteiger partial charge on any atom is -0.336 e. The molecule has 1 aromatic carbocycles. The van der Waals surface area contributed by atoms with Crippen LogP contribution >= 0.6 is 11.3 Å². The molecule has 3 aliphatic heterocycles. The Morgan fingerprint density at radius 2 is 2.06 bits per heavy atom. The van der Waals surface area contributed by atoms with Gasteiger partial charge in [0, 0.05) is 36.4 Å². The smallest absolute Gasteiger partial charge is 0.336 e. The summed E-state index contributed by atoms with van der Waals surface area (Å²) < 4.78 is 38.7. The van der Waals surface area contributed by atoms with Crippen LogP contribution in [0.25, 0.3) is 10.6 Å². The number of alkyl halides is 3. The van der Waals surface area contributed by atoms with Gasteiger partial charge < -0.3 is 10.6 Å². The minimum atomic E-state index is -4.45. The van der Waals surface area contributed by atoms with E-state index in [1.807, 2.05) is 18.4 Å². The zero-order valence-corrected chi connectivity index (χ0v) is 20.0. The van der Waals surface area contributed by atoms with E-state index in [0.717, 1.165) is 60.2 Å². The number of fused-ring (bicyclic) bond motifs is 3. The van der Waals surface area contributed by atoms with E-state index in [2.05, 4.69) is 32.7 Å². The molecule has 0 saturated carbocycles. The maximum Gasteiger partial charge on any atom is 0.416 e. The van der Waals surface area contributed by atoms with Gasteiger partial charge in [-0.05, 0) is 67.9 Å². The molecule has 1 unspecified atom stereocenters. The lowest BCUT2D eigenvalue weighted by Crippen LogP contribution is -2.56. The number of carbonyl (C=O) groups is 1. The summed E-state index contributed by atoms with van der Waals surface area (Å²) in [7, 11) is 0. The van der Waals surface area contributed by atoms with Gasteiger partial charge in [0.05, 0.1) is 16.1 Å². The number of hydrogen-bond acceptors (Lipinski definition) is 5. The summed E-state index contributed by atoms with van der Waals surface area (Å²) in [5.74, 6) is 1.55. The molecule has 2 amide bonds. The third-order valence-electron chi connectivity index (χ3n) is 6.84. The van der Waals surface area contributed by atoms with Crippen molar-refractivity contribution in [1.82, 2.24) is 20.2 Å². The van der Waals surface area contributed by atoms with Crippen molar-refractivity contribution in [2.24, 2.45) is 5.92 Å². The number of nitrogens with zero attached hydrogens (tertiary/aromatic N) is 3. The zero-order chi connectivity index (χ0) is 24.6. The molecule has 3 aromatic rings. The number of aryl methyl sites for hydroxylation is 1. The van der Waals surface area contributed by atoms with Gasteiger partial charge in [-0.25, -0.2) is 14.8 Å². The van der Waals surface area contributed by atoms with Crippen LogP contribution in [0.2, 0.25) is 0 Å². The second kappa shape index (κ2) is 9.58. The molecule has 2 aromatic heterocycles. The van der Waals surface area contributed by atoms with Crippen LogP contribution < -0.4 is 10.6 Å². The molecule has 2 N–H and O–H groups in total. The van der Waals surface area contributed by atoms with Gasteiger partial charge in [-0.1, -0.05) is 12.1 Å². The summed E-state index contributed by atoms with van der Waals surface area (Å²) in [6.07, 6.45) is -2.44. The molecule has 10 heteroatoms. The maximum atomic E-state index is 12.9. The Bertz CT molecular complexity index is 1200. The minimum absolute atomic E-state index is 0.114. The lowest BCUT2D eigenvalue weighted by atomic mass is 9.74. The zero-order valence-electron chi connectivity index (χ0n) is 19.2. The van der Waals surface area contributed by atoms with Gasteiger partial charge in [0.2, 0.25) is 0 Å². The van der Waals surface area contributed by atoms with E-state index in [1.165, 1.54) is 12.1 Å². The van der Waals surface area contributed by atoms with Crippen molar-refractivity contribution in [1.29, 1.82) is 0 Å². The predicted octanol–water partition coefficient (Wildman–Crippen LogP) is 5.53. The third-order valence-corrected chi connectivity index (χ3v) is 7.73. The number of thiophene rings is 1. The highest BCUT2D eigenvalue weighted by molar-refractivity contribution is 7.13. The lowest BCUT2D eigenvalue weighted by molar-refractivity contribution is -0.137. The number of halogens is 3. The fraction of sp³-hybridized carbons (Fsp3) is 0.400. The molecule has 6 nitrogen and oxygen atoms in total. The molecule has 0 spiro atoms. The molecule has 0 aliphatic carbocycles. The monoisotopic (exact) mass is 501 g/mol. The summed E-state index contributed by atoms with van der Waals surface area (Å²) in [5, 5.41) is 7.40. The van der Waals surface area contributed by atoms with E-state index in [0.29, 0.717) is 18.4 Å². The average molecular weight is 502 g/mol. The lowest BCUT2D eigenvalue weighted by Gasteiger charge is -2.49. The van der Waals surface area contributed by atoms with Crippen LogP contribution in [0.15, 0.2) is 47.8 Å². The van der Waals surface area contributed by atoms with Crippen molar-refractivity contribution >= 4 is 23.1 Å². The number of amides is 2. The Hall–Kier alpha value is -2.98. The largest absolute Gasteiger partial charge is 0.416 e. The van der Waals surface area contributed by atoms with Crippen LogP contribution in [0.1, 0.15) is 35.8 Å². The molecule has 184 valence electrons. The van der Waals surface area contributed by atoms with Crippen LogP contribution in [0.3, 0.4) is 0 Å². The Morgan fingerprint density at radius 3 is 2.77 bits per heavy atom. The first kappa shape index (κ1) is 23.7. The number of piperidine rings is 3. The summed E-state index contributed by atoms with van der Waals surface area (Å²) in [6, 6.07) is 10.5. The highest BCUT2D eigenvalue weighted by Crippen LogP contribution is 2.42. The van der Waals surface area contributed by atoms with Crippen molar-refractivity contribution < 1.29 is 18.0 Å². The summed E-state index contributed by atoms with van der Waals surface area (Å²) >= 11 is 1.66. The molecule has 2 bridgehead atoms. The molecule has 3 aliphatic rings. The number of rotatable bonds is 5. The van der Waals surface area contributed by atoms with Crippen molar-refractivity contribution in [2.45, 2.75) is 37.9 Å². The van der Waals surface area contributed by atoms with Gasteiger partial charge in [-0.3, -0.25) is 4.90 Å². The van der Waals surface area contributed by atoms with Crippen LogP contribution in [-0.2, 0) is 6.18 Å². The van der Waals surface area contributed by atoms with Gasteiger partial charge in [-0.15, -0.1) is 11.3 Å². The number of nitrogens with one attached hydrogen (secondary N) is 2. The molecule has 5 heterocycles. The Labute approximate surface area is 205 Å². The van der Waals surface area contributed by atoms with E-state index in [-0.39, 0.29) is 11.7 Å². The van der Waals surface area contributed by atoms with Gasteiger partial charge in [0.15, 0.2) is 0 Å².